The highest BCUT2D eigenvalue weighted by molar-refractivity contribution is 5.96. The lowest BCUT2D eigenvalue weighted by Crippen LogP contribution is -2.58. The molecule has 5 heteroatoms. The molecule has 2 atom stereocenters. The van der Waals surface area contributed by atoms with Crippen LogP contribution in [0.4, 0.5) is 4.79 Å². The Labute approximate surface area is 173 Å². The van der Waals surface area contributed by atoms with E-state index in [2.05, 4.69) is 26.1 Å². The van der Waals surface area contributed by atoms with Crippen molar-refractivity contribution < 1.29 is 9.59 Å². The van der Waals surface area contributed by atoms with E-state index in [1.807, 2.05) is 61.5 Å². The Morgan fingerprint density at radius 1 is 1.07 bits per heavy atom. The molecule has 0 aliphatic carbocycles. The zero-order valence-corrected chi connectivity index (χ0v) is 18.2. The normalized spacial score (nSPS) is 22.1. The maximum absolute atomic E-state index is 13.9. The number of amides is 3. The van der Waals surface area contributed by atoms with Crippen LogP contribution in [0.3, 0.4) is 0 Å². The largest absolute Gasteiger partial charge is 0.341 e. The molecule has 1 aliphatic heterocycles. The second kappa shape index (κ2) is 7.54. The fraction of sp³-hybridized carbons (Fsp3) is 0.417. The summed E-state index contributed by atoms with van der Waals surface area (Å²) in [6.07, 6.45) is 0.0417. The van der Waals surface area contributed by atoms with Gasteiger partial charge >= 0.3 is 6.03 Å². The lowest BCUT2D eigenvalue weighted by atomic mass is 9.81. The van der Waals surface area contributed by atoms with Crippen molar-refractivity contribution in [3.05, 3.63) is 71.3 Å². The van der Waals surface area contributed by atoms with Gasteiger partial charge in [0, 0.05) is 25.9 Å². The van der Waals surface area contributed by atoms with E-state index < -0.39 is 5.54 Å². The molecule has 1 N–H and O–H groups in total. The first-order chi connectivity index (χ1) is 13.6. The Morgan fingerprint density at radius 3 is 2.17 bits per heavy atom. The van der Waals surface area contributed by atoms with Crippen molar-refractivity contribution in [3.8, 4) is 0 Å². The Kier molecular flexibility index (Phi) is 5.44. The number of likely N-dealkylation sites (N-methyl/N-ethyl adjacent to an activating group) is 1. The summed E-state index contributed by atoms with van der Waals surface area (Å²) < 4.78 is 0. The number of hydrogen-bond donors (Lipinski definition) is 1. The van der Waals surface area contributed by atoms with Crippen LogP contribution in [0.2, 0.25) is 0 Å². The van der Waals surface area contributed by atoms with E-state index in [0.29, 0.717) is 6.42 Å². The number of nitrogens with one attached hydrogen (secondary N) is 1. The molecule has 2 aromatic carbocycles. The van der Waals surface area contributed by atoms with E-state index in [1.165, 1.54) is 0 Å². The summed E-state index contributed by atoms with van der Waals surface area (Å²) in [7, 11) is 3.42. The number of carbonyl (C=O) groups is 2. The van der Waals surface area contributed by atoms with E-state index in [9.17, 15) is 9.59 Å². The summed E-state index contributed by atoms with van der Waals surface area (Å²) in [5, 5.41) is 2.78. The molecule has 29 heavy (non-hydrogen) atoms. The Balaban J connectivity index is 2.29. The molecule has 5 nitrogen and oxygen atoms in total. The summed E-state index contributed by atoms with van der Waals surface area (Å²) >= 11 is 0. The van der Waals surface area contributed by atoms with E-state index in [1.54, 1.807) is 23.9 Å². The van der Waals surface area contributed by atoms with Gasteiger partial charge in [-0.3, -0.25) is 9.69 Å². The van der Waals surface area contributed by atoms with Crippen LogP contribution in [-0.4, -0.2) is 42.0 Å². The summed E-state index contributed by atoms with van der Waals surface area (Å²) in [6, 6.07) is 17.6. The average Bonchev–Trinajstić information content (AvgIpc) is 2.91. The van der Waals surface area contributed by atoms with Gasteiger partial charge in [-0.2, -0.15) is 0 Å². The second-order valence-electron chi connectivity index (χ2n) is 8.97. The topological polar surface area (TPSA) is 52.7 Å². The van der Waals surface area contributed by atoms with Gasteiger partial charge in [0.05, 0.1) is 0 Å². The fourth-order valence-corrected chi connectivity index (χ4v) is 4.51. The molecule has 2 aromatic rings. The zero-order valence-electron chi connectivity index (χ0n) is 18.2. The van der Waals surface area contributed by atoms with Gasteiger partial charge in [0.15, 0.2) is 5.54 Å². The molecule has 0 aromatic heterocycles. The molecule has 1 saturated heterocycles. The Hall–Kier alpha value is -2.82. The first-order valence-corrected chi connectivity index (χ1v) is 10.0. The minimum Gasteiger partial charge on any atom is -0.341 e. The SMILES string of the molecule is CNC(=O)N1C(C(C)(C)C)N(C)C(=O)[C@]1(Cc1ccccc1)c1ccc(C)cc1. The molecule has 0 bridgehead atoms. The lowest BCUT2D eigenvalue weighted by Gasteiger charge is -2.43. The van der Waals surface area contributed by atoms with Gasteiger partial charge < -0.3 is 10.2 Å². The molecule has 1 aliphatic rings. The van der Waals surface area contributed by atoms with Crippen LogP contribution in [0.15, 0.2) is 54.6 Å². The molecular weight excluding hydrogens is 362 g/mol. The second-order valence-corrected chi connectivity index (χ2v) is 8.97. The molecule has 0 spiro atoms. The van der Waals surface area contributed by atoms with Crippen LogP contribution in [-0.2, 0) is 16.8 Å². The average molecular weight is 394 g/mol. The molecular formula is C24H31N3O2. The third-order valence-corrected chi connectivity index (χ3v) is 5.74. The number of urea groups is 1. The molecule has 1 unspecified atom stereocenters. The molecule has 0 radical (unpaired) electrons. The summed E-state index contributed by atoms with van der Waals surface area (Å²) in [5.74, 6) is -0.0614. The summed E-state index contributed by atoms with van der Waals surface area (Å²) in [4.78, 5) is 30.6. The van der Waals surface area contributed by atoms with E-state index in [0.717, 1.165) is 16.7 Å². The number of aryl methyl sites for hydroxylation is 1. The van der Waals surface area contributed by atoms with Crippen molar-refractivity contribution in [2.75, 3.05) is 14.1 Å². The maximum Gasteiger partial charge on any atom is 0.319 e. The number of carbonyl (C=O) groups excluding carboxylic acids is 2. The standard InChI is InChI=1S/C24H31N3O2/c1-17-12-14-19(15-13-17)24(16-18-10-8-7-9-11-18)21(28)26(6)20(23(2,3)4)27(24)22(29)25-5/h7-15,20H,16H2,1-6H3,(H,25,29)/t20?,24-/m0/s1. The first-order valence-electron chi connectivity index (χ1n) is 10.0. The Morgan fingerprint density at radius 2 is 1.66 bits per heavy atom. The quantitative estimate of drug-likeness (QED) is 0.859. The molecule has 3 amide bonds. The predicted molar refractivity (Wildman–Crippen MR) is 115 cm³/mol. The third kappa shape index (κ3) is 3.50. The monoisotopic (exact) mass is 393 g/mol. The third-order valence-electron chi connectivity index (χ3n) is 5.74. The van der Waals surface area contributed by atoms with Crippen molar-refractivity contribution in [1.29, 1.82) is 0 Å². The highest BCUT2D eigenvalue weighted by atomic mass is 16.2. The van der Waals surface area contributed by atoms with Gasteiger partial charge in [-0.15, -0.1) is 0 Å². The van der Waals surface area contributed by atoms with Crippen LogP contribution < -0.4 is 5.32 Å². The molecule has 154 valence electrons. The summed E-state index contributed by atoms with van der Waals surface area (Å²) in [5.41, 5.74) is 1.53. The fourth-order valence-electron chi connectivity index (χ4n) is 4.51. The smallest absolute Gasteiger partial charge is 0.319 e. The predicted octanol–water partition coefficient (Wildman–Crippen LogP) is 3.92. The maximum atomic E-state index is 13.9. The highest BCUT2D eigenvalue weighted by Gasteiger charge is 2.61. The van der Waals surface area contributed by atoms with Gasteiger partial charge in [0.1, 0.15) is 6.17 Å². The minimum atomic E-state index is -1.11. The van der Waals surface area contributed by atoms with Crippen LogP contribution in [0.1, 0.15) is 37.5 Å². The number of hydrogen-bond acceptors (Lipinski definition) is 2. The zero-order chi connectivity index (χ0) is 21.4. The Bertz CT molecular complexity index is 887. The van der Waals surface area contributed by atoms with E-state index >= 15 is 0 Å². The van der Waals surface area contributed by atoms with Gasteiger partial charge in [0.25, 0.3) is 5.91 Å². The van der Waals surface area contributed by atoms with Crippen molar-refractivity contribution >= 4 is 11.9 Å². The number of rotatable bonds is 3. The van der Waals surface area contributed by atoms with Gasteiger partial charge in [-0.05, 0) is 18.1 Å². The van der Waals surface area contributed by atoms with Crippen LogP contribution >= 0.6 is 0 Å². The van der Waals surface area contributed by atoms with Crippen LogP contribution in [0.5, 0.6) is 0 Å². The highest BCUT2D eigenvalue weighted by Crippen LogP contribution is 2.46. The molecule has 1 fully saturated rings. The molecule has 1 heterocycles. The van der Waals surface area contributed by atoms with Gasteiger partial charge in [0.2, 0.25) is 0 Å². The number of benzene rings is 2. The first kappa shape index (κ1) is 20.9. The van der Waals surface area contributed by atoms with Crippen molar-refractivity contribution in [2.24, 2.45) is 5.41 Å². The van der Waals surface area contributed by atoms with Crippen molar-refractivity contribution in [1.82, 2.24) is 15.1 Å². The van der Waals surface area contributed by atoms with Gasteiger partial charge in [-0.1, -0.05) is 80.9 Å². The summed E-state index contributed by atoms with van der Waals surface area (Å²) in [6.45, 7) is 8.20. The molecule has 3 rings (SSSR count). The van der Waals surface area contributed by atoms with Gasteiger partial charge in [-0.25, -0.2) is 4.79 Å². The van der Waals surface area contributed by atoms with E-state index in [-0.39, 0.29) is 23.5 Å². The van der Waals surface area contributed by atoms with Crippen LogP contribution in [0, 0.1) is 12.3 Å². The minimum absolute atomic E-state index is 0.0614. The van der Waals surface area contributed by atoms with E-state index in [4.69, 9.17) is 0 Å². The number of nitrogens with zero attached hydrogens (tertiary/aromatic N) is 2. The van der Waals surface area contributed by atoms with Crippen LogP contribution in [0.25, 0.3) is 0 Å². The van der Waals surface area contributed by atoms with Crippen molar-refractivity contribution in [3.63, 3.8) is 0 Å². The lowest BCUT2D eigenvalue weighted by molar-refractivity contribution is -0.133. The van der Waals surface area contributed by atoms with Crippen molar-refractivity contribution in [2.45, 2.75) is 45.8 Å². The molecule has 0 saturated carbocycles.